The van der Waals surface area contributed by atoms with Crippen molar-refractivity contribution in [2.75, 3.05) is 26.7 Å². The van der Waals surface area contributed by atoms with Crippen molar-refractivity contribution in [2.24, 2.45) is 0 Å². The number of amides is 2. The first-order valence-corrected chi connectivity index (χ1v) is 8.10. The summed E-state index contributed by atoms with van der Waals surface area (Å²) in [5.41, 5.74) is -0.516. The molecule has 1 atom stereocenters. The maximum absolute atomic E-state index is 12.7. The van der Waals surface area contributed by atoms with Crippen LogP contribution in [-0.2, 0) is 4.74 Å². The molecule has 2 amide bonds. The number of carbonyl (C=O) groups excluding carboxylic acids is 2. The lowest BCUT2D eigenvalue weighted by Gasteiger charge is -2.21. The van der Waals surface area contributed by atoms with Gasteiger partial charge in [0.05, 0.1) is 18.0 Å². The van der Waals surface area contributed by atoms with Crippen LogP contribution in [0, 0.1) is 0 Å². The number of rotatable bonds is 1. The Labute approximate surface area is 132 Å². The zero-order valence-electron chi connectivity index (χ0n) is 12.2. The third-order valence-corrected chi connectivity index (χ3v) is 5.48. The first-order chi connectivity index (χ1) is 10.6. The maximum atomic E-state index is 12.7. The predicted octanol–water partition coefficient (Wildman–Crippen LogP) is 2.57. The fraction of sp³-hybridized carbons (Fsp3) is 0.375. The number of nitrogens with zero attached hydrogens (tertiary/aromatic N) is 2. The Morgan fingerprint density at radius 3 is 2.86 bits per heavy atom. The Balaban J connectivity index is 1.55. The lowest BCUT2D eigenvalue weighted by Crippen LogP contribution is -2.38. The van der Waals surface area contributed by atoms with Crippen molar-refractivity contribution in [1.82, 2.24) is 9.80 Å². The summed E-state index contributed by atoms with van der Waals surface area (Å²) in [5.74, 6) is 0.0312. The summed E-state index contributed by atoms with van der Waals surface area (Å²) in [6.45, 7) is 1.67. The molecule has 0 saturated carbocycles. The number of fused-ring (bicyclic) bond motifs is 1. The van der Waals surface area contributed by atoms with Gasteiger partial charge in [-0.2, -0.15) is 0 Å². The summed E-state index contributed by atoms with van der Waals surface area (Å²) in [5, 5.41) is 1.09. The molecule has 2 saturated heterocycles. The summed E-state index contributed by atoms with van der Waals surface area (Å²) in [6.07, 6.45) is 0.413. The van der Waals surface area contributed by atoms with Gasteiger partial charge in [-0.25, -0.2) is 4.79 Å². The van der Waals surface area contributed by atoms with E-state index in [9.17, 15) is 9.59 Å². The molecule has 2 aliphatic rings. The molecule has 2 fully saturated rings. The quantitative estimate of drug-likeness (QED) is 0.812. The predicted molar refractivity (Wildman–Crippen MR) is 84.2 cm³/mol. The molecule has 4 rings (SSSR count). The van der Waals surface area contributed by atoms with Crippen LogP contribution in [0.4, 0.5) is 4.79 Å². The van der Waals surface area contributed by atoms with Crippen LogP contribution in [0.15, 0.2) is 30.3 Å². The second kappa shape index (κ2) is 4.71. The summed E-state index contributed by atoms with van der Waals surface area (Å²) in [4.78, 5) is 28.4. The van der Waals surface area contributed by atoms with Gasteiger partial charge in [-0.1, -0.05) is 18.2 Å². The van der Waals surface area contributed by atoms with Crippen LogP contribution in [-0.4, -0.2) is 54.1 Å². The van der Waals surface area contributed by atoms with E-state index in [1.165, 1.54) is 11.3 Å². The van der Waals surface area contributed by atoms with Crippen molar-refractivity contribution >= 4 is 33.4 Å². The number of benzene rings is 1. The van der Waals surface area contributed by atoms with Gasteiger partial charge >= 0.3 is 6.09 Å². The van der Waals surface area contributed by atoms with Gasteiger partial charge in [-0.3, -0.25) is 4.79 Å². The third kappa shape index (κ3) is 2.06. The van der Waals surface area contributed by atoms with Gasteiger partial charge in [0.15, 0.2) is 5.60 Å². The lowest BCUT2D eigenvalue weighted by molar-refractivity contribution is 0.0555. The van der Waals surface area contributed by atoms with Crippen molar-refractivity contribution < 1.29 is 14.3 Å². The molecule has 0 N–H and O–H groups in total. The monoisotopic (exact) mass is 316 g/mol. The minimum atomic E-state index is -0.516. The number of hydrogen-bond acceptors (Lipinski definition) is 4. The Kier molecular flexibility index (Phi) is 2.91. The third-order valence-electron chi connectivity index (χ3n) is 4.38. The van der Waals surface area contributed by atoms with Crippen LogP contribution in [0.2, 0.25) is 0 Å². The van der Waals surface area contributed by atoms with Gasteiger partial charge in [0.25, 0.3) is 5.91 Å². The molecule has 0 unspecified atom stereocenters. The van der Waals surface area contributed by atoms with Crippen molar-refractivity contribution in [3.05, 3.63) is 35.2 Å². The molecule has 1 aromatic heterocycles. The van der Waals surface area contributed by atoms with Crippen LogP contribution in [0.5, 0.6) is 0 Å². The number of carbonyl (C=O) groups is 2. The highest BCUT2D eigenvalue weighted by molar-refractivity contribution is 7.20. The minimum absolute atomic E-state index is 0.0312. The number of likely N-dealkylation sites (tertiary alicyclic amines) is 1. The van der Waals surface area contributed by atoms with Crippen LogP contribution in [0.25, 0.3) is 10.1 Å². The van der Waals surface area contributed by atoms with Crippen molar-refractivity contribution in [1.29, 1.82) is 0 Å². The molecule has 22 heavy (non-hydrogen) atoms. The Hall–Kier alpha value is -2.08. The Morgan fingerprint density at radius 1 is 1.32 bits per heavy atom. The molecule has 1 spiro atoms. The molecule has 5 nitrogen and oxygen atoms in total. The zero-order chi connectivity index (χ0) is 15.3. The average molecular weight is 316 g/mol. The van der Waals surface area contributed by atoms with Gasteiger partial charge in [-0.15, -0.1) is 11.3 Å². The van der Waals surface area contributed by atoms with E-state index in [0.717, 1.165) is 15.0 Å². The second-order valence-electron chi connectivity index (χ2n) is 6.03. The van der Waals surface area contributed by atoms with Crippen molar-refractivity contribution in [2.45, 2.75) is 12.0 Å². The molecule has 1 aromatic carbocycles. The van der Waals surface area contributed by atoms with E-state index in [1.807, 2.05) is 30.3 Å². The fourth-order valence-electron chi connectivity index (χ4n) is 3.27. The zero-order valence-corrected chi connectivity index (χ0v) is 13.1. The van der Waals surface area contributed by atoms with Crippen molar-refractivity contribution in [3.8, 4) is 0 Å². The summed E-state index contributed by atoms with van der Waals surface area (Å²) < 4.78 is 6.61. The second-order valence-corrected chi connectivity index (χ2v) is 7.12. The van der Waals surface area contributed by atoms with Gasteiger partial charge < -0.3 is 14.5 Å². The highest BCUT2D eigenvalue weighted by Crippen LogP contribution is 2.34. The molecule has 0 radical (unpaired) electrons. The Bertz CT molecular complexity index is 739. The average Bonchev–Trinajstić information content (AvgIpc) is 3.17. The molecule has 6 heteroatoms. The summed E-state index contributed by atoms with van der Waals surface area (Å²) in [6, 6.07) is 9.94. The smallest absolute Gasteiger partial charge is 0.410 e. The largest absolute Gasteiger partial charge is 0.439 e. The van der Waals surface area contributed by atoms with Gasteiger partial charge in [0, 0.05) is 24.7 Å². The van der Waals surface area contributed by atoms with Gasteiger partial charge in [0.1, 0.15) is 0 Å². The SMILES string of the molecule is CN1C[C@@]2(CCN(C(=O)c3cc4ccccc4s3)C2)OC1=O. The molecule has 2 aromatic rings. The summed E-state index contributed by atoms with van der Waals surface area (Å²) in [7, 11) is 1.73. The maximum Gasteiger partial charge on any atom is 0.410 e. The minimum Gasteiger partial charge on any atom is -0.439 e. The molecule has 3 heterocycles. The van der Waals surface area contributed by atoms with E-state index >= 15 is 0 Å². The highest BCUT2D eigenvalue weighted by atomic mass is 32.1. The standard InChI is InChI=1S/C16H16N2O3S/c1-17-9-16(21-15(17)20)6-7-18(10-16)14(19)13-8-11-4-2-3-5-12(11)22-13/h2-5,8H,6-7,9-10H2,1H3/t16-/m1/s1. The number of thiophene rings is 1. The van der Waals surface area contributed by atoms with Crippen LogP contribution in [0.3, 0.4) is 0 Å². The van der Waals surface area contributed by atoms with Crippen molar-refractivity contribution in [3.63, 3.8) is 0 Å². The topological polar surface area (TPSA) is 49.9 Å². The lowest BCUT2D eigenvalue weighted by atomic mass is 10.0. The molecular weight excluding hydrogens is 300 g/mol. The van der Waals surface area contributed by atoms with E-state index in [0.29, 0.717) is 26.1 Å². The molecule has 0 aliphatic carbocycles. The van der Waals surface area contributed by atoms with E-state index in [2.05, 4.69) is 0 Å². The molecular formula is C16H16N2O3S. The number of likely N-dealkylation sites (N-methyl/N-ethyl adjacent to an activating group) is 1. The van der Waals surface area contributed by atoms with E-state index in [-0.39, 0.29) is 12.0 Å². The fourth-order valence-corrected chi connectivity index (χ4v) is 4.30. The van der Waals surface area contributed by atoms with Crippen LogP contribution < -0.4 is 0 Å². The van der Waals surface area contributed by atoms with Crippen LogP contribution >= 0.6 is 11.3 Å². The Morgan fingerprint density at radius 2 is 2.14 bits per heavy atom. The van der Waals surface area contributed by atoms with E-state index in [4.69, 9.17) is 4.74 Å². The number of hydrogen-bond donors (Lipinski definition) is 0. The first kappa shape index (κ1) is 13.6. The highest BCUT2D eigenvalue weighted by Gasteiger charge is 2.49. The van der Waals surface area contributed by atoms with Gasteiger partial charge in [0.2, 0.25) is 0 Å². The summed E-state index contributed by atoms with van der Waals surface area (Å²) >= 11 is 1.51. The molecule has 0 bridgehead atoms. The first-order valence-electron chi connectivity index (χ1n) is 7.28. The van der Waals surface area contributed by atoms with Gasteiger partial charge in [-0.05, 0) is 17.5 Å². The molecule has 2 aliphatic heterocycles. The molecule has 114 valence electrons. The number of ether oxygens (including phenoxy) is 1. The normalized spacial score (nSPS) is 24.5. The van der Waals surface area contributed by atoms with E-state index < -0.39 is 5.60 Å². The van der Waals surface area contributed by atoms with Crippen LogP contribution in [0.1, 0.15) is 16.1 Å². The van der Waals surface area contributed by atoms with E-state index in [1.54, 1.807) is 16.8 Å².